The normalized spacial score (nSPS) is 21.1. The number of pyridine rings is 2. The number of aromatic nitrogens is 2. The van der Waals surface area contributed by atoms with Crippen molar-refractivity contribution in [2.75, 3.05) is 13.1 Å². The minimum Gasteiger partial charge on any atom is -0.465 e. The SMILES string of the molecule is CC[C@@]1(O)C(=O)OCc2c1cc1n(c2=O)Cc2c-1nc1cc(F)c(C)c3c1c2[C@@H](NCCNC(=O)O)CC3. The van der Waals surface area contributed by atoms with Crippen LogP contribution in [-0.2, 0) is 34.7 Å². The van der Waals surface area contributed by atoms with Gasteiger partial charge >= 0.3 is 12.1 Å². The number of aliphatic hydroxyl groups is 1. The van der Waals surface area contributed by atoms with Crippen LogP contribution in [0.1, 0.15) is 59.2 Å². The number of carbonyl (C=O) groups is 2. The number of rotatable bonds is 5. The monoisotopic (exact) mass is 522 g/mol. The average molecular weight is 523 g/mol. The van der Waals surface area contributed by atoms with Gasteiger partial charge in [-0.25, -0.2) is 19.0 Å². The van der Waals surface area contributed by atoms with Crippen LogP contribution >= 0.6 is 0 Å². The maximum atomic E-state index is 14.9. The molecule has 2 atom stereocenters. The van der Waals surface area contributed by atoms with Crippen LogP contribution in [0.25, 0.3) is 22.3 Å². The number of amides is 1. The van der Waals surface area contributed by atoms with E-state index in [0.717, 1.165) is 22.1 Å². The Hall–Kier alpha value is -3.83. The fourth-order valence-electron chi connectivity index (χ4n) is 6.17. The molecule has 11 heteroatoms. The summed E-state index contributed by atoms with van der Waals surface area (Å²) in [4.78, 5) is 41.8. The Morgan fingerprint density at radius 1 is 1.26 bits per heavy atom. The lowest BCUT2D eigenvalue weighted by atomic mass is 9.81. The zero-order chi connectivity index (χ0) is 26.9. The van der Waals surface area contributed by atoms with Crippen LogP contribution in [0.5, 0.6) is 0 Å². The molecular weight excluding hydrogens is 495 g/mol. The third-order valence-electron chi connectivity index (χ3n) is 8.17. The number of nitrogens with one attached hydrogen (secondary N) is 2. The van der Waals surface area contributed by atoms with E-state index in [9.17, 15) is 23.9 Å². The van der Waals surface area contributed by atoms with Crippen LogP contribution in [0, 0.1) is 12.7 Å². The van der Waals surface area contributed by atoms with Gasteiger partial charge < -0.3 is 30.2 Å². The minimum absolute atomic E-state index is 0.0369. The lowest BCUT2D eigenvalue weighted by Crippen LogP contribution is -2.44. The third kappa shape index (κ3) is 3.38. The number of fused-ring (bicyclic) bond motifs is 5. The zero-order valence-electron chi connectivity index (χ0n) is 21.0. The van der Waals surface area contributed by atoms with Crippen LogP contribution in [-0.4, -0.2) is 44.9 Å². The van der Waals surface area contributed by atoms with Crippen molar-refractivity contribution in [1.29, 1.82) is 0 Å². The van der Waals surface area contributed by atoms with Gasteiger partial charge in [0.05, 0.1) is 29.0 Å². The van der Waals surface area contributed by atoms with E-state index in [1.54, 1.807) is 24.5 Å². The molecule has 1 aromatic carbocycles. The molecule has 198 valence electrons. The number of ether oxygens (including phenoxy) is 1. The standard InChI is InChI=1S/C27H27FN4O6/c1-3-27(37)16-8-20-23-14(10-32(20)24(33)15(16)11-38-25(27)34)22-18(29-6-7-30-26(35)36)5-4-13-12(2)17(28)9-19(31-23)21(13)22/h8-9,18,29-30,37H,3-7,10-11H2,1-2H3,(H,35,36)/t18-,27-/m0/s1. The Morgan fingerprint density at radius 3 is 2.79 bits per heavy atom. The summed E-state index contributed by atoms with van der Waals surface area (Å²) in [5.41, 5.74) is 2.79. The summed E-state index contributed by atoms with van der Waals surface area (Å²) in [5, 5.41) is 26.7. The van der Waals surface area contributed by atoms with Crippen molar-refractivity contribution >= 4 is 23.0 Å². The highest BCUT2D eigenvalue weighted by atomic mass is 19.1. The van der Waals surface area contributed by atoms with E-state index in [1.807, 2.05) is 0 Å². The molecule has 38 heavy (non-hydrogen) atoms. The number of hydrogen-bond acceptors (Lipinski definition) is 7. The van der Waals surface area contributed by atoms with Gasteiger partial charge in [0, 0.05) is 41.7 Å². The molecule has 1 aliphatic carbocycles. The number of halogens is 1. The largest absolute Gasteiger partial charge is 0.465 e. The van der Waals surface area contributed by atoms with Crippen LogP contribution < -0.4 is 16.2 Å². The first-order chi connectivity index (χ1) is 18.2. The fourth-order valence-corrected chi connectivity index (χ4v) is 6.17. The molecular formula is C27H27FN4O6. The molecule has 1 amide bonds. The number of nitrogens with zero attached hydrogens (tertiary/aromatic N) is 2. The molecule has 4 heterocycles. The molecule has 0 saturated carbocycles. The number of esters is 1. The highest BCUT2D eigenvalue weighted by Gasteiger charge is 2.45. The molecule has 0 radical (unpaired) electrons. The molecule has 2 aromatic heterocycles. The van der Waals surface area contributed by atoms with Crippen molar-refractivity contribution in [2.45, 2.75) is 57.9 Å². The second kappa shape index (κ2) is 8.60. The Balaban J connectivity index is 1.56. The van der Waals surface area contributed by atoms with Gasteiger partial charge in [0.1, 0.15) is 12.4 Å². The first-order valence-electron chi connectivity index (χ1n) is 12.7. The lowest BCUT2D eigenvalue weighted by molar-refractivity contribution is -0.172. The number of aryl methyl sites for hydroxylation is 1. The summed E-state index contributed by atoms with van der Waals surface area (Å²) >= 11 is 0. The number of carbonyl (C=O) groups excluding carboxylic acids is 1. The van der Waals surface area contributed by atoms with Gasteiger partial charge in [-0.2, -0.15) is 0 Å². The molecule has 0 saturated heterocycles. The maximum absolute atomic E-state index is 14.9. The molecule has 2 aliphatic heterocycles. The quantitative estimate of drug-likeness (QED) is 0.231. The smallest absolute Gasteiger partial charge is 0.404 e. The van der Waals surface area contributed by atoms with Crippen LogP contribution in [0.3, 0.4) is 0 Å². The van der Waals surface area contributed by atoms with E-state index < -0.39 is 17.7 Å². The van der Waals surface area contributed by atoms with Gasteiger partial charge in [-0.05, 0) is 48.9 Å². The molecule has 0 bridgehead atoms. The third-order valence-corrected chi connectivity index (χ3v) is 8.17. The van der Waals surface area contributed by atoms with Gasteiger partial charge in [-0.15, -0.1) is 0 Å². The number of hydrogen-bond donors (Lipinski definition) is 4. The van der Waals surface area contributed by atoms with Crippen LogP contribution in [0.4, 0.5) is 9.18 Å². The van der Waals surface area contributed by atoms with Crippen molar-refractivity contribution in [3.8, 4) is 11.4 Å². The minimum atomic E-state index is -1.94. The summed E-state index contributed by atoms with van der Waals surface area (Å²) < 4.78 is 21.7. The second-order valence-electron chi connectivity index (χ2n) is 10.1. The van der Waals surface area contributed by atoms with Gasteiger partial charge in [0.15, 0.2) is 5.60 Å². The summed E-state index contributed by atoms with van der Waals surface area (Å²) in [6.07, 6.45) is 0.222. The highest BCUT2D eigenvalue weighted by Crippen LogP contribution is 2.45. The van der Waals surface area contributed by atoms with E-state index >= 15 is 0 Å². The van der Waals surface area contributed by atoms with E-state index in [1.165, 1.54) is 6.07 Å². The van der Waals surface area contributed by atoms with Crippen molar-refractivity contribution < 1.29 is 28.9 Å². The Bertz CT molecular complexity index is 1620. The first kappa shape index (κ1) is 24.5. The average Bonchev–Trinajstić information content (AvgIpc) is 3.26. The van der Waals surface area contributed by atoms with Gasteiger partial charge in [0.25, 0.3) is 5.56 Å². The first-order valence-corrected chi connectivity index (χ1v) is 12.7. The number of cyclic esters (lactones) is 1. The van der Waals surface area contributed by atoms with E-state index in [0.29, 0.717) is 41.9 Å². The molecule has 6 rings (SSSR count). The Kier molecular flexibility index (Phi) is 5.55. The van der Waals surface area contributed by atoms with Crippen LogP contribution in [0.2, 0.25) is 0 Å². The predicted molar refractivity (Wildman–Crippen MR) is 134 cm³/mol. The lowest BCUT2D eigenvalue weighted by Gasteiger charge is -2.31. The molecule has 3 aliphatic rings. The molecule has 0 fully saturated rings. The van der Waals surface area contributed by atoms with Crippen molar-refractivity contribution in [2.24, 2.45) is 0 Å². The number of benzene rings is 1. The fraction of sp³-hybridized carbons (Fsp3) is 0.407. The molecule has 3 aromatic rings. The zero-order valence-corrected chi connectivity index (χ0v) is 21.0. The topological polar surface area (TPSA) is 143 Å². The van der Waals surface area contributed by atoms with Gasteiger partial charge in [-0.1, -0.05) is 6.92 Å². The molecule has 0 unspecified atom stereocenters. The van der Waals surface area contributed by atoms with E-state index in [4.69, 9.17) is 14.8 Å². The second-order valence-corrected chi connectivity index (χ2v) is 10.1. The Labute approximate surface area is 216 Å². The molecule has 10 nitrogen and oxygen atoms in total. The summed E-state index contributed by atoms with van der Waals surface area (Å²) in [6, 6.07) is 2.89. The highest BCUT2D eigenvalue weighted by molar-refractivity contribution is 5.93. The summed E-state index contributed by atoms with van der Waals surface area (Å²) in [5.74, 6) is -1.15. The maximum Gasteiger partial charge on any atom is 0.404 e. The van der Waals surface area contributed by atoms with Crippen LogP contribution in [0.15, 0.2) is 16.9 Å². The Morgan fingerprint density at radius 2 is 2.05 bits per heavy atom. The van der Waals surface area contributed by atoms with Crippen molar-refractivity contribution in [3.05, 3.63) is 61.7 Å². The molecule has 0 spiro atoms. The predicted octanol–water partition coefficient (Wildman–Crippen LogP) is 2.37. The summed E-state index contributed by atoms with van der Waals surface area (Å²) in [6.45, 7) is 4.01. The van der Waals surface area contributed by atoms with Gasteiger partial charge in [-0.3, -0.25) is 4.79 Å². The molecule has 4 N–H and O–H groups in total. The number of carboxylic acid groups (broad SMARTS) is 1. The van der Waals surface area contributed by atoms with E-state index in [-0.39, 0.29) is 54.7 Å². The van der Waals surface area contributed by atoms with E-state index in [2.05, 4.69) is 10.6 Å². The van der Waals surface area contributed by atoms with Crippen molar-refractivity contribution in [3.63, 3.8) is 0 Å². The van der Waals surface area contributed by atoms with Crippen molar-refractivity contribution in [1.82, 2.24) is 20.2 Å². The van der Waals surface area contributed by atoms with Gasteiger partial charge in [0.2, 0.25) is 0 Å². The summed E-state index contributed by atoms with van der Waals surface area (Å²) in [7, 11) is 0.